The van der Waals surface area contributed by atoms with E-state index in [1.165, 1.54) is 0 Å². The zero-order valence-electron chi connectivity index (χ0n) is 12.1. The van der Waals surface area contributed by atoms with E-state index >= 15 is 0 Å². The maximum atomic E-state index is 11.3. The number of rotatable bonds is 6. The molecule has 1 aliphatic heterocycles. The molecule has 1 saturated heterocycles. The summed E-state index contributed by atoms with van der Waals surface area (Å²) < 4.78 is 5.68. The molecule has 0 radical (unpaired) electrons. The number of benzene rings is 1. The van der Waals surface area contributed by atoms with Crippen LogP contribution in [0.25, 0.3) is 0 Å². The number of nitrogens with one attached hydrogen (secondary N) is 1. The van der Waals surface area contributed by atoms with Crippen molar-refractivity contribution in [3.8, 4) is 0 Å². The van der Waals surface area contributed by atoms with Gasteiger partial charge in [-0.1, -0.05) is 23.7 Å². The molecule has 1 fully saturated rings. The molecule has 21 heavy (non-hydrogen) atoms. The topological polar surface area (TPSA) is 61.8 Å². The third-order valence-corrected chi connectivity index (χ3v) is 3.72. The molecular weight excluding hydrogens is 292 g/mol. The van der Waals surface area contributed by atoms with Gasteiger partial charge in [0.15, 0.2) is 0 Å². The molecule has 0 unspecified atom stereocenters. The first-order valence-electron chi connectivity index (χ1n) is 7.09. The predicted molar refractivity (Wildman–Crippen MR) is 81.3 cm³/mol. The number of aliphatic hydroxyl groups is 1. The van der Waals surface area contributed by atoms with Crippen LogP contribution < -0.4 is 5.32 Å². The van der Waals surface area contributed by atoms with E-state index < -0.39 is 6.10 Å². The Labute approximate surface area is 129 Å². The van der Waals surface area contributed by atoms with Crippen LogP contribution in [0.1, 0.15) is 18.6 Å². The lowest BCUT2D eigenvalue weighted by molar-refractivity contribution is -0.124. The van der Waals surface area contributed by atoms with Crippen molar-refractivity contribution >= 4 is 17.5 Å². The van der Waals surface area contributed by atoms with Crippen molar-refractivity contribution in [2.45, 2.75) is 19.1 Å². The number of nitrogens with zero attached hydrogens (tertiary/aromatic N) is 1. The van der Waals surface area contributed by atoms with E-state index in [1.807, 2.05) is 36.1 Å². The first-order valence-corrected chi connectivity index (χ1v) is 7.46. The Balaban J connectivity index is 1.74. The smallest absolute Gasteiger partial charge is 0.234 e. The summed E-state index contributed by atoms with van der Waals surface area (Å²) in [4.78, 5) is 13.2. The van der Waals surface area contributed by atoms with E-state index in [0.29, 0.717) is 24.7 Å². The van der Waals surface area contributed by atoms with E-state index in [4.69, 9.17) is 16.3 Å². The third kappa shape index (κ3) is 5.28. The Morgan fingerprint density at radius 1 is 1.43 bits per heavy atom. The molecule has 1 amide bonds. The summed E-state index contributed by atoms with van der Waals surface area (Å²) in [5.74, 6) is 0.00361. The zero-order chi connectivity index (χ0) is 15.2. The second-order valence-corrected chi connectivity index (χ2v) is 5.70. The summed E-state index contributed by atoms with van der Waals surface area (Å²) in [6.45, 7) is 4.35. The molecule has 2 atom stereocenters. The Kier molecular flexibility index (Phi) is 5.99. The molecule has 6 heteroatoms. The van der Waals surface area contributed by atoms with Crippen molar-refractivity contribution in [3.63, 3.8) is 0 Å². The second-order valence-electron chi connectivity index (χ2n) is 5.27. The summed E-state index contributed by atoms with van der Waals surface area (Å²) in [5.41, 5.74) is 1.02. The lowest BCUT2D eigenvalue weighted by Crippen LogP contribution is -2.50. The van der Waals surface area contributed by atoms with E-state index in [9.17, 15) is 9.90 Å². The number of β-amino-alcohol motifs (C(OH)–C–C–N with tert-alkyl or cyclic N) is 1. The lowest BCUT2D eigenvalue weighted by atomic mass is 10.1. The number of hydrogen-bond donors (Lipinski definition) is 2. The molecule has 2 N–H and O–H groups in total. The molecule has 0 aliphatic carbocycles. The van der Waals surface area contributed by atoms with Gasteiger partial charge in [-0.2, -0.15) is 0 Å². The van der Waals surface area contributed by atoms with Crippen molar-refractivity contribution < 1.29 is 14.6 Å². The van der Waals surface area contributed by atoms with Gasteiger partial charge in [0.2, 0.25) is 5.91 Å². The van der Waals surface area contributed by atoms with Gasteiger partial charge in [0.25, 0.3) is 0 Å². The molecule has 0 spiro atoms. The van der Waals surface area contributed by atoms with Crippen LogP contribution in [0.5, 0.6) is 0 Å². The number of hydrogen-bond acceptors (Lipinski definition) is 4. The Bertz CT molecular complexity index is 466. The van der Waals surface area contributed by atoms with Gasteiger partial charge in [-0.15, -0.1) is 0 Å². The van der Waals surface area contributed by atoms with Crippen molar-refractivity contribution in [2.75, 3.05) is 32.8 Å². The van der Waals surface area contributed by atoms with Gasteiger partial charge in [0, 0.05) is 24.7 Å². The van der Waals surface area contributed by atoms with Crippen LogP contribution >= 0.6 is 11.6 Å². The maximum absolute atomic E-state index is 11.3. The molecular formula is C15H21ClN2O3. The number of ether oxygens (including phenoxy) is 1. The average Bonchev–Trinajstić information content (AvgIpc) is 2.45. The molecule has 5 nitrogen and oxygen atoms in total. The number of amides is 1. The minimum absolute atomic E-state index is 0.00361. The SMILES string of the molecule is C[C@H](OC[C@H](O)CN1CCNC(=O)C1)c1ccc(Cl)cc1. The second kappa shape index (κ2) is 7.75. The molecule has 0 saturated carbocycles. The molecule has 116 valence electrons. The molecule has 0 aromatic heterocycles. The van der Waals surface area contributed by atoms with E-state index in [-0.39, 0.29) is 18.6 Å². The van der Waals surface area contributed by atoms with Crippen molar-refractivity contribution in [3.05, 3.63) is 34.9 Å². The van der Waals surface area contributed by atoms with Crippen molar-refractivity contribution in [1.29, 1.82) is 0 Å². The molecule has 1 aromatic carbocycles. The largest absolute Gasteiger partial charge is 0.389 e. The standard InChI is InChI=1S/C15H21ClN2O3/c1-11(12-2-4-13(16)5-3-12)21-10-14(19)8-18-7-6-17-15(20)9-18/h2-5,11,14,19H,6-10H2,1H3,(H,17,20)/t11-,14+/m0/s1. The fourth-order valence-corrected chi connectivity index (χ4v) is 2.41. The van der Waals surface area contributed by atoms with Crippen molar-refractivity contribution in [1.82, 2.24) is 10.2 Å². The average molecular weight is 313 g/mol. The summed E-state index contributed by atoms with van der Waals surface area (Å²) >= 11 is 5.85. The van der Waals surface area contributed by atoms with Gasteiger partial charge in [0.1, 0.15) is 0 Å². The Hall–Kier alpha value is -1.14. The summed E-state index contributed by atoms with van der Waals surface area (Å²) in [6.07, 6.45) is -0.716. The van der Waals surface area contributed by atoms with Gasteiger partial charge < -0.3 is 15.2 Å². The quantitative estimate of drug-likeness (QED) is 0.829. The molecule has 0 bridgehead atoms. The summed E-state index contributed by atoms with van der Waals surface area (Å²) in [7, 11) is 0. The first kappa shape index (κ1) is 16.2. The fraction of sp³-hybridized carbons (Fsp3) is 0.533. The number of aliphatic hydroxyl groups excluding tert-OH is 1. The monoisotopic (exact) mass is 312 g/mol. The Morgan fingerprint density at radius 3 is 2.81 bits per heavy atom. The van der Waals surface area contributed by atoms with Gasteiger partial charge >= 0.3 is 0 Å². The highest BCUT2D eigenvalue weighted by Gasteiger charge is 2.19. The van der Waals surface area contributed by atoms with Gasteiger partial charge in [0.05, 0.1) is 25.4 Å². The minimum atomic E-state index is -0.606. The molecule has 1 aliphatic rings. The van der Waals surface area contributed by atoms with Gasteiger partial charge in [-0.3, -0.25) is 9.69 Å². The van der Waals surface area contributed by atoms with Crippen LogP contribution in [0.4, 0.5) is 0 Å². The maximum Gasteiger partial charge on any atom is 0.234 e. The normalized spacial score (nSPS) is 19.1. The summed E-state index contributed by atoms with van der Waals surface area (Å²) in [6, 6.07) is 7.46. The van der Waals surface area contributed by atoms with Crippen LogP contribution in [-0.4, -0.2) is 54.8 Å². The number of carbonyl (C=O) groups excluding carboxylic acids is 1. The van der Waals surface area contributed by atoms with E-state index in [0.717, 1.165) is 12.1 Å². The van der Waals surface area contributed by atoms with E-state index in [2.05, 4.69) is 5.32 Å². The molecule has 1 heterocycles. The number of piperazine rings is 1. The van der Waals surface area contributed by atoms with Crippen LogP contribution in [0, 0.1) is 0 Å². The van der Waals surface area contributed by atoms with Gasteiger partial charge in [-0.25, -0.2) is 0 Å². The first-order chi connectivity index (χ1) is 10.0. The highest BCUT2D eigenvalue weighted by atomic mass is 35.5. The van der Waals surface area contributed by atoms with Crippen LogP contribution in [0.2, 0.25) is 5.02 Å². The molecule has 2 rings (SSSR count). The third-order valence-electron chi connectivity index (χ3n) is 3.46. The lowest BCUT2D eigenvalue weighted by Gasteiger charge is -2.28. The highest BCUT2D eigenvalue weighted by molar-refractivity contribution is 6.30. The van der Waals surface area contributed by atoms with Gasteiger partial charge in [-0.05, 0) is 24.6 Å². The van der Waals surface area contributed by atoms with E-state index in [1.54, 1.807) is 0 Å². The predicted octanol–water partition coefficient (Wildman–Crippen LogP) is 1.21. The Morgan fingerprint density at radius 2 is 2.14 bits per heavy atom. The minimum Gasteiger partial charge on any atom is -0.389 e. The van der Waals surface area contributed by atoms with Crippen molar-refractivity contribution in [2.24, 2.45) is 0 Å². The van der Waals surface area contributed by atoms with Crippen LogP contribution in [0.15, 0.2) is 24.3 Å². The van der Waals surface area contributed by atoms with Crippen LogP contribution in [0.3, 0.4) is 0 Å². The van der Waals surface area contributed by atoms with Crippen LogP contribution in [-0.2, 0) is 9.53 Å². The zero-order valence-corrected chi connectivity index (χ0v) is 12.8. The highest BCUT2D eigenvalue weighted by Crippen LogP contribution is 2.19. The number of halogens is 1. The molecule has 1 aromatic rings. The number of carbonyl (C=O) groups is 1. The summed E-state index contributed by atoms with van der Waals surface area (Å²) in [5, 5.41) is 13.5. The fourth-order valence-electron chi connectivity index (χ4n) is 2.28.